The van der Waals surface area contributed by atoms with Crippen molar-refractivity contribution in [2.75, 3.05) is 0 Å². The van der Waals surface area contributed by atoms with E-state index in [1.807, 2.05) is 18.4 Å². The van der Waals surface area contributed by atoms with E-state index in [0.29, 0.717) is 5.56 Å². The minimum atomic E-state index is -4.37. The van der Waals surface area contributed by atoms with Crippen molar-refractivity contribution in [2.45, 2.75) is 19.6 Å². The summed E-state index contributed by atoms with van der Waals surface area (Å²) in [7, 11) is 0. The Hall–Kier alpha value is -2.97. The summed E-state index contributed by atoms with van der Waals surface area (Å²) in [5.41, 5.74) is 0.583. The molecule has 0 fully saturated rings. The van der Waals surface area contributed by atoms with E-state index in [1.165, 1.54) is 39.0 Å². The van der Waals surface area contributed by atoms with Crippen molar-refractivity contribution >= 4 is 17.5 Å². The van der Waals surface area contributed by atoms with E-state index in [4.69, 9.17) is 9.59 Å². The van der Waals surface area contributed by atoms with Crippen LogP contribution in [0.4, 0.5) is 13.2 Å². The third-order valence-corrected chi connectivity index (χ3v) is 4.35. The van der Waals surface area contributed by atoms with E-state index < -0.39 is 11.7 Å². The lowest BCUT2D eigenvalue weighted by Gasteiger charge is -2.07. The van der Waals surface area contributed by atoms with Crippen molar-refractivity contribution in [3.63, 3.8) is 0 Å². The molecule has 3 aromatic rings. The molecule has 3 rings (SSSR count). The monoisotopic (exact) mass is 383 g/mol. The SMILES string of the molecule is Cc1csc(-n2cnn(Cc3ccc(C(F)(F)F)cc3)c2=O)c1.O=C=O. The van der Waals surface area contributed by atoms with Gasteiger partial charge in [0.2, 0.25) is 0 Å². The largest absolute Gasteiger partial charge is 0.416 e. The van der Waals surface area contributed by atoms with Crippen LogP contribution < -0.4 is 5.69 Å². The summed E-state index contributed by atoms with van der Waals surface area (Å²) in [6.07, 6.45) is -2.70. The predicted molar refractivity (Wildman–Crippen MR) is 86.0 cm³/mol. The molecule has 0 saturated heterocycles. The zero-order valence-electron chi connectivity index (χ0n) is 13.4. The minimum Gasteiger partial charge on any atom is -0.246 e. The number of hydrogen-bond acceptors (Lipinski definition) is 5. The first kappa shape index (κ1) is 19.4. The topological polar surface area (TPSA) is 74.0 Å². The normalized spacial score (nSPS) is 10.8. The van der Waals surface area contributed by atoms with E-state index in [2.05, 4.69) is 5.10 Å². The molecular weight excluding hydrogens is 371 g/mol. The molecule has 2 aromatic heterocycles. The van der Waals surface area contributed by atoms with Crippen LogP contribution in [0.5, 0.6) is 0 Å². The van der Waals surface area contributed by atoms with Gasteiger partial charge in [-0.2, -0.15) is 27.9 Å². The van der Waals surface area contributed by atoms with Crippen LogP contribution in [0, 0.1) is 6.92 Å². The Balaban J connectivity index is 0.000000758. The highest BCUT2D eigenvalue weighted by molar-refractivity contribution is 7.12. The van der Waals surface area contributed by atoms with Crippen molar-refractivity contribution in [1.29, 1.82) is 0 Å². The summed E-state index contributed by atoms with van der Waals surface area (Å²) < 4.78 is 40.2. The first-order valence-electron chi connectivity index (χ1n) is 7.11. The van der Waals surface area contributed by atoms with Gasteiger partial charge in [0.05, 0.1) is 12.1 Å². The summed E-state index contributed by atoms with van der Waals surface area (Å²) in [4.78, 5) is 28.5. The highest BCUT2D eigenvalue weighted by Gasteiger charge is 2.29. The summed E-state index contributed by atoms with van der Waals surface area (Å²) >= 11 is 1.43. The van der Waals surface area contributed by atoms with Gasteiger partial charge in [0.1, 0.15) is 11.3 Å². The van der Waals surface area contributed by atoms with Gasteiger partial charge >= 0.3 is 18.0 Å². The fourth-order valence-electron chi connectivity index (χ4n) is 2.11. The molecule has 26 heavy (non-hydrogen) atoms. The maximum absolute atomic E-state index is 12.5. The quantitative estimate of drug-likeness (QED) is 0.697. The van der Waals surface area contributed by atoms with E-state index in [0.717, 1.165) is 22.7 Å². The molecule has 0 radical (unpaired) electrons. The van der Waals surface area contributed by atoms with Gasteiger partial charge in [-0.1, -0.05) is 12.1 Å². The molecule has 0 aliphatic carbocycles. The fraction of sp³-hybridized carbons (Fsp3) is 0.188. The molecule has 6 nitrogen and oxygen atoms in total. The van der Waals surface area contributed by atoms with Gasteiger partial charge in [0.15, 0.2) is 0 Å². The van der Waals surface area contributed by atoms with Crippen LogP contribution in [0.3, 0.4) is 0 Å². The Morgan fingerprint density at radius 1 is 1.19 bits per heavy atom. The van der Waals surface area contributed by atoms with E-state index in [-0.39, 0.29) is 18.4 Å². The second-order valence-electron chi connectivity index (χ2n) is 5.18. The summed E-state index contributed by atoms with van der Waals surface area (Å²) in [6, 6.07) is 6.57. The third-order valence-electron chi connectivity index (χ3n) is 3.30. The molecular formula is C16H12F3N3O3S. The zero-order chi connectivity index (χ0) is 19.3. The molecule has 10 heteroatoms. The van der Waals surface area contributed by atoms with Crippen molar-refractivity contribution in [2.24, 2.45) is 0 Å². The van der Waals surface area contributed by atoms with Crippen LogP contribution in [-0.4, -0.2) is 20.5 Å². The number of thiophene rings is 1. The molecule has 0 atom stereocenters. The van der Waals surface area contributed by atoms with Gasteiger partial charge in [0, 0.05) is 0 Å². The molecule has 2 heterocycles. The lowest BCUT2D eigenvalue weighted by atomic mass is 10.1. The molecule has 0 aliphatic rings. The van der Waals surface area contributed by atoms with Crippen molar-refractivity contribution < 1.29 is 22.8 Å². The first-order valence-corrected chi connectivity index (χ1v) is 7.99. The van der Waals surface area contributed by atoms with Crippen LogP contribution in [0.1, 0.15) is 16.7 Å². The first-order chi connectivity index (χ1) is 12.3. The van der Waals surface area contributed by atoms with E-state index in [1.54, 1.807) is 0 Å². The Labute approximate surface area is 149 Å². The molecule has 1 aromatic carbocycles. The number of carbonyl (C=O) groups excluding carboxylic acids is 2. The molecule has 0 aliphatic heterocycles. The molecule has 0 spiro atoms. The minimum absolute atomic E-state index is 0.119. The lowest BCUT2D eigenvalue weighted by Crippen LogP contribution is -2.24. The molecule has 136 valence electrons. The second-order valence-corrected chi connectivity index (χ2v) is 6.07. The summed E-state index contributed by atoms with van der Waals surface area (Å²) in [5, 5.41) is 6.70. The number of aromatic nitrogens is 3. The fourth-order valence-corrected chi connectivity index (χ4v) is 2.98. The smallest absolute Gasteiger partial charge is 0.246 e. The number of rotatable bonds is 3. The highest BCUT2D eigenvalue weighted by atomic mass is 32.1. The molecule has 0 amide bonds. The Bertz CT molecular complexity index is 965. The van der Waals surface area contributed by atoms with Crippen molar-refractivity contribution in [3.05, 3.63) is 69.2 Å². The maximum atomic E-state index is 12.5. The number of alkyl halides is 3. The standard InChI is InChI=1S/C15H12F3N3OS.CO2/c1-10-6-13(23-8-10)20-9-19-21(14(20)22)7-11-2-4-12(5-3-11)15(16,17)18;2-1-3/h2-6,8-9H,7H2,1H3;. The van der Waals surface area contributed by atoms with Gasteiger partial charge in [-0.3, -0.25) is 0 Å². The summed E-state index contributed by atoms with van der Waals surface area (Å²) in [6.45, 7) is 2.05. The van der Waals surface area contributed by atoms with Crippen molar-refractivity contribution in [1.82, 2.24) is 14.3 Å². The van der Waals surface area contributed by atoms with Crippen LogP contribution in [0.2, 0.25) is 0 Å². The van der Waals surface area contributed by atoms with Crippen molar-refractivity contribution in [3.8, 4) is 5.00 Å². The second kappa shape index (κ2) is 7.94. The van der Waals surface area contributed by atoms with Gasteiger partial charge in [-0.05, 0) is 41.6 Å². The molecule has 0 unspecified atom stereocenters. The zero-order valence-corrected chi connectivity index (χ0v) is 14.2. The Morgan fingerprint density at radius 3 is 2.31 bits per heavy atom. The van der Waals surface area contributed by atoms with Crippen LogP contribution >= 0.6 is 11.3 Å². The maximum Gasteiger partial charge on any atom is 0.416 e. The molecule has 0 saturated carbocycles. The van der Waals surface area contributed by atoms with E-state index >= 15 is 0 Å². The number of nitrogens with zero attached hydrogens (tertiary/aromatic N) is 3. The Morgan fingerprint density at radius 2 is 1.81 bits per heavy atom. The summed E-state index contributed by atoms with van der Waals surface area (Å²) in [5.74, 6) is 0. The van der Waals surface area contributed by atoms with Gasteiger partial charge in [-0.25, -0.2) is 14.0 Å². The van der Waals surface area contributed by atoms with Gasteiger partial charge in [0.25, 0.3) is 0 Å². The number of hydrogen-bond donors (Lipinski definition) is 0. The Kier molecular flexibility index (Phi) is 5.91. The highest BCUT2D eigenvalue weighted by Crippen LogP contribution is 2.29. The number of benzene rings is 1. The average Bonchev–Trinajstić information content (AvgIpc) is 3.14. The van der Waals surface area contributed by atoms with Crippen LogP contribution in [0.15, 0.2) is 46.8 Å². The number of aryl methyl sites for hydroxylation is 1. The molecule has 0 bridgehead atoms. The van der Waals surface area contributed by atoms with Crippen LogP contribution in [0.25, 0.3) is 5.00 Å². The van der Waals surface area contributed by atoms with Gasteiger partial charge in [-0.15, -0.1) is 11.3 Å². The van der Waals surface area contributed by atoms with E-state index in [9.17, 15) is 18.0 Å². The molecule has 0 N–H and O–H groups in total. The average molecular weight is 383 g/mol. The van der Waals surface area contributed by atoms with Gasteiger partial charge < -0.3 is 0 Å². The predicted octanol–water partition coefficient (Wildman–Crippen LogP) is 2.89. The lowest BCUT2D eigenvalue weighted by molar-refractivity contribution is -0.191. The number of halogens is 3. The van der Waals surface area contributed by atoms with Crippen LogP contribution in [-0.2, 0) is 22.3 Å². The third kappa shape index (κ3) is 4.56.